The maximum Gasteiger partial charge on any atom is 0.282 e. The van der Waals surface area contributed by atoms with Crippen molar-refractivity contribution >= 4 is 22.4 Å². The lowest BCUT2D eigenvalue weighted by Gasteiger charge is -2.06. The molecule has 0 fully saturated rings. The smallest absolute Gasteiger partial charge is 0.282 e. The van der Waals surface area contributed by atoms with E-state index in [4.69, 9.17) is 5.73 Å². The highest BCUT2D eigenvalue weighted by molar-refractivity contribution is 7.16. The Hall–Kier alpha value is -2.02. The molecule has 0 spiro atoms. The van der Waals surface area contributed by atoms with Gasteiger partial charge in [0, 0.05) is 6.54 Å². The van der Waals surface area contributed by atoms with E-state index in [0.29, 0.717) is 13.0 Å². The van der Waals surface area contributed by atoms with Gasteiger partial charge in [0.25, 0.3) is 5.91 Å². The molecule has 1 heterocycles. The van der Waals surface area contributed by atoms with Crippen LogP contribution in [0.1, 0.15) is 20.9 Å². The third-order valence-corrected chi connectivity index (χ3v) is 3.37. The number of hydrogen-bond donors (Lipinski definition) is 2. The van der Waals surface area contributed by atoms with Gasteiger partial charge in [-0.05, 0) is 36.6 Å². The third-order valence-electron chi connectivity index (χ3n) is 2.62. The van der Waals surface area contributed by atoms with Crippen molar-refractivity contribution < 1.29 is 9.18 Å². The van der Waals surface area contributed by atoms with Gasteiger partial charge in [0.1, 0.15) is 5.82 Å². The van der Waals surface area contributed by atoms with E-state index in [1.165, 1.54) is 12.1 Å². The van der Waals surface area contributed by atoms with Crippen molar-refractivity contribution in [3.63, 3.8) is 0 Å². The molecule has 5 nitrogen and oxygen atoms in total. The first kappa shape index (κ1) is 13.4. The van der Waals surface area contributed by atoms with Gasteiger partial charge < -0.3 is 11.1 Å². The number of carbonyl (C=O) groups excluding carboxylic acids is 1. The molecule has 0 aliphatic rings. The molecule has 2 aromatic rings. The zero-order chi connectivity index (χ0) is 13.8. The topological polar surface area (TPSA) is 80.9 Å². The summed E-state index contributed by atoms with van der Waals surface area (Å²) in [6.07, 6.45) is 0.631. The first-order chi connectivity index (χ1) is 9.06. The summed E-state index contributed by atoms with van der Waals surface area (Å²) in [5.74, 6) is -0.552. The molecule has 0 aliphatic carbocycles. The van der Waals surface area contributed by atoms with Crippen molar-refractivity contribution in [1.29, 1.82) is 0 Å². The minimum absolute atomic E-state index is 0.244. The summed E-state index contributed by atoms with van der Waals surface area (Å²) in [5, 5.41) is 10.5. The highest BCUT2D eigenvalue weighted by atomic mass is 32.1. The number of aromatic nitrogens is 2. The summed E-state index contributed by atoms with van der Waals surface area (Å²) < 4.78 is 12.9. The second kappa shape index (κ2) is 5.75. The fourth-order valence-corrected chi connectivity index (χ4v) is 2.18. The summed E-state index contributed by atoms with van der Waals surface area (Å²) in [6.45, 7) is 2.29. The molecule has 3 N–H and O–H groups in total. The molecule has 0 saturated carbocycles. The van der Waals surface area contributed by atoms with Gasteiger partial charge in [-0.15, -0.1) is 10.2 Å². The molecular weight excluding hydrogens is 267 g/mol. The van der Waals surface area contributed by atoms with Crippen LogP contribution in [-0.2, 0) is 6.42 Å². The van der Waals surface area contributed by atoms with E-state index in [2.05, 4.69) is 15.5 Å². The number of aryl methyl sites for hydroxylation is 1. The fraction of sp³-hybridized carbons (Fsp3) is 0.250. The van der Waals surface area contributed by atoms with E-state index in [1.807, 2.05) is 6.92 Å². The minimum atomic E-state index is -0.297. The molecule has 1 aromatic carbocycles. The Labute approximate surface area is 113 Å². The van der Waals surface area contributed by atoms with Crippen LogP contribution in [0, 0.1) is 12.7 Å². The van der Waals surface area contributed by atoms with E-state index in [-0.39, 0.29) is 21.9 Å². The van der Waals surface area contributed by atoms with Crippen molar-refractivity contribution in [2.45, 2.75) is 13.3 Å². The van der Waals surface area contributed by atoms with Gasteiger partial charge in [0.15, 0.2) is 0 Å². The Kier molecular flexibility index (Phi) is 4.06. The second-order valence-electron chi connectivity index (χ2n) is 4.02. The van der Waals surface area contributed by atoms with Gasteiger partial charge in [0.05, 0.1) is 0 Å². The van der Waals surface area contributed by atoms with Crippen LogP contribution in [0.3, 0.4) is 0 Å². The lowest BCUT2D eigenvalue weighted by atomic mass is 10.1. The van der Waals surface area contributed by atoms with E-state index in [9.17, 15) is 9.18 Å². The average Bonchev–Trinajstić information content (AvgIpc) is 2.78. The number of rotatable bonds is 4. The predicted octanol–water partition coefficient (Wildman–Crippen LogP) is 1.54. The number of benzene rings is 1. The number of halogens is 1. The molecule has 7 heteroatoms. The standard InChI is InChI=1S/C12H13FN4OS/c1-7-6-9(13)3-2-8(7)4-5-15-10(18)11-16-17-12(14)19-11/h2-3,6H,4-5H2,1H3,(H2,14,17)(H,15,18). The lowest BCUT2D eigenvalue weighted by molar-refractivity contribution is 0.0953. The van der Waals surface area contributed by atoms with Crippen LogP contribution in [0.25, 0.3) is 0 Å². The van der Waals surface area contributed by atoms with Crippen LogP contribution in [-0.4, -0.2) is 22.6 Å². The largest absolute Gasteiger partial charge is 0.374 e. The molecule has 2 rings (SSSR count). The molecule has 100 valence electrons. The quantitative estimate of drug-likeness (QED) is 0.890. The van der Waals surface area contributed by atoms with Gasteiger partial charge in [-0.3, -0.25) is 4.79 Å². The van der Waals surface area contributed by atoms with E-state index >= 15 is 0 Å². The first-order valence-corrected chi connectivity index (χ1v) is 6.50. The molecule has 0 aliphatic heterocycles. The van der Waals surface area contributed by atoms with Gasteiger partial charge in [0.2, 0.25) is 10.1 Å². The molecule has 0 bridgehead atoms. The Bertz CT molecular complexity index is 599. The number of nitrogen functional groups attached to an aromatic ring is 1. The maximum absolute atomic E-state index is 12.9. The first-order valence-electron chi connectivity index (χ1n) is 5.68. The highest BCUT2D eigenvalue weighted by Gasteiger charge is 2.10. The SMILES string of the molecule is Cc1cc(F)ccc1CCNC(=O)c1nnc(N)s1. The minimum Gasteiger partial charge on any atom is -0.374 e. The zero-order valence-electron chi connectivity index (χ0n) is 10.3. The molecule has 1 aromatic heterocycles. The van der Waals surface area contributed by atoms with E-state index in [1.54, 1.807) is 6.07 Å². The van der Waals surface area contributed by atoms with Gasteiger partial charge in [-0.1, -0.05) is 17.4 Å². The summed E-state index contributed by atoms with van der Waals surface area (Å²) in [4.78, 5) is 11.7. The number of nitrogens with two attached hydrogens (primary N) is 1. The lowest BCUT2D eigenvalue weighted by Crippen LogP contribution is -2.25. The Morgan fingerprint density at radius 3 is 2.89 bits per heavy atom. The number of hydrogen-bond acceptors (Lipinski definition) is 5. The summed E-state index contributed by atoms with van der Waals surface area (Å²) in [6, 6.07) is 4.61. The summed E-state index contributed by atoms with van der Waals surface area (Å²) >= 11 is 1.04. The van der Waals surface area contributed by atoms with Crippen LogP contribution in [0.15, 0.2) is 18.2 Å². The maximum atomic E-state index is 12.9. The fourth-order valence-electron chi connectivity index (χ4n) is 1.65. The van der Waals surface area contributed by atoms with Crippen LogP contribution >= 0.6 is 11.3 Å². The molecule has 1 amide bonds. The van der Waals surface area contributed by atoms with Gasteiger partial charge in [-0.25, -0.2) is 4.39 Å². The van der Waals surface area contributed by atoms with Crippen molar-refractivity contribution in [3.05, 3.63) is 40.2 Å². The second-order valence-corrected chi connectivity index (χ2v) is 5.03. The summed E-state index contributed by atoms with van der Waals surface area (Å²) in [5.41, 5.74) is 7.27. The van der Waals surface area contributed by atoms with Crippen molar-refractivity contribution in [3.8, 4) is 0 Å². The highest BCUT2D eigenvalue weighted by Crippen LogP contribution is 2.12. The van der Waals surface area contributed by atoms with Crippen molar-refractivity contribution in [2.24, 2.45) is 0 Å². The third kappa shape index (κ3) is 3.47. The number of nitrogens with zero attached hydrogens (tertiary/aromatic N) is 2. The molecule has 0 atom stereocenters. The molecule has 0 saturated heterocycles. The normalized spacial score (nSPS) is 10.4. The Morgan fingerprint density at radius 2 is 2.26 bits per heavy atom. The summed E-state index contributed by atoms with van der Waals surface area (Å²) in [7, 11) is 0. The Balaban J connectivity index is 1.88. The predicted molar refractivity (Wildman–Crippen MR) is 71.5 cm³/mol. The monoisotopic (exact) mass is 280 g/mol. The average molecular weight is 280 g/mol. The zero-order valence-corrected chi connectivity index (χ0v) is 11.1. The van der Waals surface area contributed by atoms with Crippen molar-refractivity contribution in [2.75, 3.05) is 12.3 Å². The number of nitrogens with one attached hydrogen (secondary N) is 1. The van der Waals surface area contributed by atoms with E-state index in [0.717, 1.165) is 22.5 Å². The number of carbonyl (C=O) groups is 1. The van der Waals surface area contributed by atoms with Crippen LogP contribution in [0.2, 0.25) is 0 Å². The van der Waals surface area contributed by atoms with Crippen LogP contribution in [0.4, 0.5) is 9.52 Å². The molecule has 0 radical (unpaired) electrons. The van der Waals surface area contributed by atoms with Gasteiger partial charge in [-0.2, -0.15) is 0 Å². The Morgan fingerprint density at radius 1 is 1.47 bits per heavy atom. The molecular formula is C12H13FN4OS. The van der Waals surface area contributed by atoms with Crippen molar-refractivity contribution in [1.82, 2.24) is 15.5 Å². The van der Waals surface area contributed by atoms with E-state index < -0.39 is 0 Å². The molecule has 19 heavy (non-hydrogen) atoms. The molecule has 0 unspecified atom stereocenters. The van der Waals surface area contributed by atoms with Crippen LogP contribution in [0.5, 0.6) is 0 Å². The number of amides is 1. The van der Waals surface area contributed by atoms with Gasteiger partial charge >= 0.3 is 0 Å². The van der Waals surface area contributed by atoms with Crippen LogP contribution < -0.4 is 11.1 Å². The number of anilines is 1.